The zero-order valence-electron chi connectivity index (χ0n) is 17.4. The van der Waals surface area contributed by atoms with Crippen LogP contribution in [0.4, 0.5) is 5.00 Å². The van der Waals surface area contributed by atoms with Gasteiger partial charge in [0.25, 0.3) is 11.8 Å². The Bertz CT molecular complexity index is 979. The summed E-state index contributed by atoms with van der Waals surface area (Å²) >= 11 is 6.72. The van der Waals surface area contributed by atoms with Gasteiger partial charge in [0.15, 0.2) is 11.7 Å². The van der Waals surface area contributed by atoms with Crippen LogP contribution in [0.1, 0.15) is 70.8 Å². The van der Waals surface area contributed by atoms with Crippen molar-refractivity contribution < 1.29 is 14.3 Å². The van der Waals surface area contributed by atoms with Crippen molar-refractivity contribution in [2.45, 2.75) is 57.3 Å². The molecule has 6 nitrogen and oxygen atoms in total. The molecule has 0 spiro atoms. The van der Waals surface area contributed by atoms with Gasteiger partial charge in [0, 0.05) is 4.88 Å². The zero-order chi connectivity index (χ0) is 21.8. The summed E-state index contributed by atoms with van der Waals surface area (Å²) in [5.41, 5.74) is 8.40. The van der Waals surface area contributed by atoms with Gasteiger partial charge in [0.1, 0.15) is 10.8 Å². The first-order chi connectivity index (χ1) is 15.0. The number of rotatable bonds is 6. The smallest absolute Gasteiger partial charge is 0.264 e. The van der Waals surface area contributed by atoms with Gasteiger partial charge >= 0.3 is 0 Å². The monoisotopic (exact) mass is 457 g/mol. The Balaban J connectivity index is 1.27. The molecule has 4 N–H and O–H groups in total. The zero-order valence-corrected chi connectivity index (χ0v) is 19.0. The van der Waals surface area contributed by atoms with Crippen LogP contribution in [0.5, 0.6) is 5.75 Å². The molecule has 1 aromatic carbocycles. The van der Waals surface area contributed by atoms with Gasteiger partial charge in [-0.3, -0.25) is 14.9 Å². The fraction of sp³-hybridized carbons (Fsp3) is 0.435. The minimum absolute atomic E-state index is 0.128. The van der Waals surface area contributed by atoms with E-state index in [1.165, 1.54) is 49.0 Å². The van der Waals surface area contributed by atoms with Crippen LogP contribution in [-0.4, -0.2) is 23.5 Å². The van der Waals surface area contributed by atoms with Crippen molar-refractivity contribution in [1.29, 1.82) is 0 Å². The van der Waals surface area contributed by atoms with Crippen LogP contribution < -0.4 is 21.1 Å². The van der Waals surface area contributed by atoms with Crippen LogP contribution in [0.15, 0.2) is 24.3 Å². The number of nitrogens with one attached hydrogen (secondary N) is 2. The molecule has 2 aromatic rings. The normalized spacial score (nSPS) is 15.9. The summed E-state index contributed by atoms with van der Waals surface area (Å²) in [6, 6.07) is 8.02. The fourth-order valence-corrected chi connectivity index (χ4v) is 6.05. The molecule has 1 saturated carbocycles. The number of hydrogen-bond acceptors (Lipinski definition) is 5. The van der Waals surface area contributed by atoms with E-state index in [1.54, 1.807) is 0 Å². The second-order valence-corrected chi connectivity index (χ2v) is 9.63. The second-order valence-electron chi connectivity index (χ2n) is 8.12. The molecular weight excluding hydrogens is 430 g/mol. The molecule has 1 heterocycles. The second kappa shape index (κ2) is 9.78. The molecule has 0 unspecified atom stereocenters. The van der Waals surface area contributed by atoms with Gasteiger partial charge in [-0.15, -0.1) is 11.3 Å². The van der Waals surface area contributed by atoms with Gasteiger partial charge in [0.05, 0.1) is 5.56 Å². The summed E-state index contributed by atoms with van der Waals surface area (Å²) in [6.45, 7) is -0.145. The number of carbonyl (C=O) groups excluding carboxylic acids is 2. The van der Waals surface area contributed by atoms with Crippen LogP contribution in [0.25, 0.3) is 0 Å². The van der Waals surface area contributed by atoms with E-state index >= 15 is 0 Å². The van der Waals surface area contributed by atoms with E-state index in [-0.39, 0.29) is 17.6 Å². The SMILES string of the molecule is NC(=O)c1c(NC(=S)NC(=O)COc2ccc(C3CCCCC3)cc2)sc2c1CCC2. The quantitative estimate of drug-likeness (QED) is 0.563. The molecule has 1 aromatic heterocycles. The third-order valence-corrected chi connectivity index (χ3v) is 7.39. The highest BCUT2D eigenvalue weighted by Gasteiger charge is 2.25. The van der Waals surface area contributed by atoms with Gasteiger partial charge in [-0.1, -0.05) is 31.4 Å². The number of ether oxygens (including phenoxy) is 1. The lowest BCUT2D eigenvalue weighted by atomic mass is 9.84. The highest BCUT2D eigenvalue weighted by atomic mass is 32.1. The van der Waals surface area contributed by atoms with Crippen LogP contribution in [0.3, 0.4) is 0 Å². The molecule has 31 heavy (non-hydrogen) atoms. The summed E-state index contributed by atoms with van der Waals surface area (Å²) in [6.07, 6.45) is 9.24. The minimum atomic E-state index is -0.476. The largest absolute Gasteiger partial charge is 0.484 e. The third kappa shape index (κ3) is 5.25. The first-order valence-corrected chi connectivity index (χ1v) is 12.0. The van der Waals surface area contributed by atoms with E-state index in [1.807, 2.05) is 12.1 Å². The van der Waals surface area contributed by atoms with Crippen molar-refractivity contribution in [3.8, 4) is 5.75 Å². The van der Waals surface area contributed by atoms with Crippen LogP contribution >= 0.6 is 23.6 Å². The predicted octanol–water partition coefficient (Wildman–Crippen LogP) is 4.28. The van der Waals surface area contributed by atoms with Crippen molar-refractivity contribution >= 4 is 45.5 Å². The maximum Gasteiger partial charge on any atom is 0.264 e. The van der Waals surface area contributed by atoms with E-state index < -0.39 is 5.91 Å². The number of anilines is 1. The van der Waals surface area contributed by atoms with Gasteiger partial charge in [0.2, 0.25) is 0 Å². The Hall–Kier alpha value is -2.45. The molecule has 0 radical (unpaired) electrons. The van der Waals surface area contributed by atoms with Crippen molar-refractivity contribution in [3.63, 3.8) is 0 Å². The number of hydrogen-bond donors (Lipinski definition) is 3. The summed E-state index contributed by atoms with van der Waals surface area (Å²) in [7, 11) is 0. The third-order valence-electron chi connectivity index (χ3n) is 5.97. The maximum absolute atomic E-state index is 12.2. The lowest BCUT2D eigenvalue weighted by molar-refractivity contribution is -0.121. The Morgan fingerprint density at radius 1 is 1.10 bits per heavy atom. The summed E-state index contributed by atoms with van der Waals surface area (Å²) in [5.74, 6) is 0.451. The molecule has 0 bridgehead atoms. The van der Waals surface area contributed by atoms with E-state index in [4.69, 9.17) is 22.7 Å². The van der Waals surface area contributed by atoms with Crippen LogP contribution in [0, 0.1) is 0 Å². The number of thiocarbonyl (C=S) groups is 1. The van der Waals surface area contributed by atoms with E-state index in [9.17, 15) is 9.59 Å². The Kier molecular flexibility index (Phi) is 6.87. The molecule has 0 atom stereocenters. The number of aryl methyl sites for hydroxylation is 1. The van der Waals surface area contributed by atoms with Gasteiger partial charge in [-0.25, -0.2) is 0 Å². The molecular formula is C23H27N3O3S2. The first kappa shape index (κ1) is 21.8. The molecule has 0 saturated heterocycles. The average Bonchev–Trinajstić information content (AvgIpc) is 3.33. The first-order valence-electron chi connectivity index (χ1n) is 10.8. The van der Waals surface area contributed by atoms with Crippen LogP contribution in [0.2, 0.25) is 0 Å². The summed E-state index contributed by atoms with van der Waals surface area (Å²) in [4.78, 5) is 25.3. The molecule has 0 aliphatic heterocycles. The Morgan fingerprint density at radius 3 is 2.55 bits per heavy atom. The number of thiophene rings is 1. The van der Waals surface area contributed by atoms with Crippen molar-refractivity contribution in [2.75, 3.05) is 11.9 Å². The molecule has 164 valence electrons. The van der Waals surface area contributed by atoms with Crippen molar-refractivity contribution in [2.24, 2.45) is 5.73 Å². The van der Waals surface area contributed by atoms with Gasteiger partial charge < -0.3 is 15.8 Å². The molecule has 1 fully saturated rings. The average molecular weight is 458 g/mol. The van der Waals surface area contributed by atoms with Gasteiger partial charge in [-0.05, 0) is 73.5 Å². The topological polar surface area (TPSA) is 93.5 Å². The molecule has 4 rings (SSSR count). The summed E-state index contributed by atoms with van der Waals surface area (Å²) < 4.78 is 5.60. The number of carbonyl (C=O) groups is 2. The maximum atomic E-state index is 12.2. The molecule has 2 aliphatic carbocycles. The predicted molar refractivity (Wildman–Crippen MR) is 127 cm³/mol. The lowest BCUT2D eigenvalue weighted by Crippen LogP contribution is -2.37. The van der Waals surface area contributed by atoms with Crippen LogP contribution in [-0.2, 0) is 17.6 Å². The molecule has 2 amide bonds. The number of benzene rings is 1. The fourth-order valence-electron chi connectivity index (χ4n) is 4.47. The highest BCUT2D eigenvalue weighted by molar-refractivity contribution is 7.80. The highest BCUT2D eigenvalue weighted by Crippen LogP contribution is 2.38. The lowest BCUT2D eigenvalue weighted by Gasteiger charge is -2.22. The Morgan fingerprint density at radius 2 is 1.84 bits per heavy atom. The number of fused-ring (bicyclic) bond motifs is 1. The summed E-state index contributed by atoms with van der Waals surface area (Å²) in [5, 5.41) is 6.29. The number of primary amides is 1. The van der Waals surface area contributed by atoms with Crippen molar-refractivity contribution in [3.05, 3.63) is 45.8 Å². The van der Waals surface area contributed by atoms with E-state index in [2.05, 4.69) is 22.8 Å². The number of amides is 2. The van der Waals surface area contributed by atoms with Gasteiger partial charge in [-0.2, -0.15) is 0 Å². The van der Waals surface area contributed by atoms with Crippen molar-refractivity contribution in [1.82, 2.24) is 5.32 Å². The molecule has 2 aliphatic rings. The minimum Gasteiger partial charge on any atom is -0.484 e. The number of nitrogens with two attached hydrogens (primary N) is 1. The van der Waals surface area contributed by atoms with E-state index in [0.29, 0.717) is 22.2 Å². The van der Waals surface area contributed by atoms with E-state index in [0.717, 1.165) is 29.7 Å². The standard InChI is InChI=1S/C23H27N3O3S2/c24-21(28)20-17-7-4-8-18(17)31-22(20)26-23(30)25-19(27)13-29-16-11-9-15(10-12-16)14-5-2-1-3-6-14/h9-12,14H,1-8,13H2,(H2,24,28)(H2,25,26,27,30). The molecule has 8 heteroatoms. The Labute approximate surface area is 191 Å².